The first kappa shape index (κ1) is 15.4. The van der Waals surface area contributed by atoms with Crippen molar-refractivity contribution in [3.8, 4) is 0 Å². The molecule has 3 heteroatoms. The summed E-state index contributed by atoms with van der Waals surface area (Å²) < 4.78 is 5.36. The first-order valence-corrected chi connectivity index (χ1v) is 9.23. The van der Waals surface area contributed by atoms with Gasteiger partial charge in [0, 0.05) is 11.8 Å². The van der Waals surface area contributed by atoms with E-state index in [0.717, 1.165) is 5.76 Å². The number of fused-ring (bicyclic) bond motifs is 1. The number of carbonyl (C=O) groups excluding carboxylic acids is 1. The Labute approximate surface area is 153 Å². The van der Waals surface area contributed by atoms with Crippen molar-refractivity contribution in [2.45, 2.75) is 25.3 Å². The van der Waals surface area contributed by atoms with E-state index < -0.39 is 0 Å². The van der Waals surface area contributed by atoms with Gasteiger partial charge in [-0.1, -0.05) is 55.5 Å². The molecule has 2 aromatic carbocycles. The van der Waals surface area contributed by atoms with Crippen LogP contribution in [0.25, 0.3) is 0 Å². The van der Waals surface area contributed by atoms with Crippen molar-refractivity contribution < 1.29 is 9.21 Å². The fraction of sp³-hybridized carbons (Fsp3) is 0.261. The minimum absolute atomic E-state index is 0.0558. The van der Waals surface area contributed by atoms with E-state index in [2.05, 4.69) is 60.8 Å². The average molecular weight is 343 g/mol. The van der Waals surface area contributed by atoms with Gasteiger partial charge < -0.3 is 9.73 Å². The summed E-state index contributed by atoms with van der Waals surface area (Å²) in [6, 6.07) is 21.0. The molecule has 0 saturated heterocycles. The van der Waals surface area contributed by atoms with Crippen LogP contribution in [0.2, 0.25) is 0 Å². The SMILES string of the molecule is C[C@@H]1C2c3ccccc3C(c3ccccc32)[C@@H]1C(=O)NCc1ccco1. The molecule has 0 fully saturated rings. The van der Waals surface area contributed by atoms with Crippen LogP contribution >= 0.6 is 0 Å². The van der Waals surface area contributed by atoms with Gasteiger partial charge in [-0.05, 0) is 40.3 Å². The monoisotopic (exact) mass is 343 g/mol. The Hall–Kier alpha value is -2.81. The van der Waals surface area contributed by atoms with Crippen LogP contribution in [0.15, 0.2) is 71.3 Å². The molecule has 0 radical (unpaired) electrons. The highest BCUT2D eigenvalue weighted by molar-refractivity contribution is 5.83. The first-order valence-electron chi connectivity index (χ1n) is 9.23. The van der Waals surface area contributed by atoms with E-state index in [9.17, 15) is 4.79 Å². The van der Waals surface area contributed by atoms with Crippen LogP contribution in [0.1, 0.15) is 46.8 Å². The van der Waals surface area contributed by atoms with Gasteiger partial charge >= 0.3 is 0 Å². The van der Waals surface area contributed by atoms with Crippen LogP contribution in [0.5, 0.6) is 0 Å². The summed E-state index contributed by atoms with van der Waals surface area (Å²) in [5.74, 6) is 1.52. The maximum atomic E-state index is 13.2. The lowest BCUT2D eigenvalue weighted by Gasteiger charge is -2.49. The van der Waals surface area contributed by atoms with E-state index in [1.807, 2.05) is 12.1 Å². The fourth-order valence-electron chi connectivity index (χ4n) is 5.05. The zero-order valence-electron chi connectivity index (χ0n) is 14.7. The van der Waals surface area contributed by atoms with E-state index in [1.54, 1.807) is 6.26 Å². The molecule has 0 unspecified atom stereocenters. The number of hydrogen-bond donors (Lipinski definition) is 1. The highest BCUT2D eigenvalue weighted by Crippen LogP contribution is 2.58. The van der Waals surface area contributed by atoms with Gasteiger partial charge in [0.15, 0.2) is 0 Å². The van der Waals surface area contributed by atoms with Crippen molar-refractivity contribution in [1.29, 1.82) is 0 Å². The van der Waals surface area contributed by atoms with Gasteiger partial charge in [-0.3, -0.25) is 4.79 Å². The largest absolute Gasteiger partial charge is 0.467 e. The summed E-state index contributed by atoms with van der Waals surface area (Å²) >= 11 is 0. The second-order valence-electron chi connectivity index (χ2n) is 7.40. The number of furan rings is 1. The Kier molecular flexibility index (Phi) is 3.49. The van der Waals surface area contributed by atoms with Gasteiger partial charge in [0.2, 0.25) is 5.91 Å². The Balaban J connectivity index is 1.55. The molecule has 0 saturated carbocycles. The number of hydrogen-bond acceptors (Lipinski definition) is 2. The third-order valence-corrected chi connectivity index (χ3v) is 6.10. The molecule has 2 bridgehead atoms. The van der Waals surface area contributed by atoms with E-state index in [1.165, 1.54) is 22.3 Å². The van der Waals surface area contributed by atoms with Gasteiger partial charge in [0.25, 0.3) is 0 Å². The van der Waals surface area contributed by atoms with Gasteiger partial charge in [0.1, 0.15) is 5.76 Å². The lowest BCUT2D eigenvalue weighted by atomic mass is 9.54. The standard InChI is InChI=1S/C23H21NO2/c1-14-20-16-8-2-4-10-18(16)22(19-11-5-3-9-17(19)20)21(14)23(25)24-13-15-7-6-12-26-15/h2-12,14,20-22H,13H2,1H3,(H,24,25)/t14-,20?,21-,22?/m1/s1. The number of nitrogens with one attached hydrogen (secondary N) is 1. The molecule has 3 aromatic rings. The number of benzene rings is 2. The van der Waals surface area contributed by atoms with Gasteiger partial charge in [-0.2, -0.15) is 0 Å². The summed E-state index contributed by atoms with van der Waals surface area (Å²) in [4.78, 5) is 13.2. The molecule has 3 aliphatic rings. The zero-order valence-corrected chi connectivity index (χ0v) is 14.7. The van der Waals surface area contributed by atoms with Gasteiger partial charge in [-0.15, -0.1) is 0 Å². The normalized spacial score (nSPS) is 25.4. The number of carbonyl (C=O) groups is 1. The molecule has 26 heavy (non-hydrogen) atoms. The quantitative estimate of drug-likeness (QED) is 0.764. The molecule has 0 spiro atoms. The highest BCUT2D eigenvalue weighted by atomic mass is 16.3. The summed E-state index contributed by atoms with van der Waals surface area (Å²) in [5.41, 5.74) is 5.40. The van der Waals surface area contributed by atoms with Crippen LogP contribution < -0.4 is 5.32 Å². The first-order chi connectivity index (χ1) is 12.8. The molecule has 3 aliphatic carbocycles. The van der Waals surface area contributed by atoms with Crippen LogP contribution in [0.4, 0.5) is 0 Å². The topological polar surface area (TPSA) is 42.2 Å². The minimum atomic E-state index is -0.0558. The Bertz CT molecular complexity index is 912. The summed E-state index contributed by atoms with van der Waals surface area (Å²) in [5, 5.41) is 3.10. The number of amides is 1. The predicted molar refractivity (Wildman–Crippen MR) is 99.8 cm³/mol. The van der Waals surface area contributed by atoms with Crippen molar-refractivity contribution in [3.05, 3.63) is 94.9 Å². The predicted octanol–water partition coefficient (Wildman–Crippen LogP) is 4.44. The molecule has 1 amide bonds. The maximum Gasteiger partial charge on any atom is 0.224 e. The Morgan fingerprint density at radius 3 is 2.00 bits per heavy atom. The molecule has 1 aromatic heterocycles. The fourth-order valence-corrected chi connectivity index (χ4v) is 5.05. The second kappa shape index (κ2) is 5.87. The molecule has 6 rings (SSSR count). The van der Waals surface area contributed by atoms with Crippen LogP contribution in [0, 0.1) is 11.8 Å². The van der Waals surface area contributed by atoms with E-state index in [4.69, 9.17) is 4.42 Å². The van der Waals surface area contributed by atoms with Crippen LogP contribution in [0.3, 0.4) is 0 Å². The smallest absolute Gasteiger partial charge is 0.224 e. The average Bonchev–Trinajstić information content (AvgIpc) is 3.20. The lowest BCUT2D eigenvalue weighted by molar-refractivity contribution is -0.128. The van der Waals surface area contributed by atoms with Crippen molar-refractivity contribution in [2.75, 3.05) is 0 Å². The van der Waals surface area contributed by atoms with Crippen LogP contribution in [-0.2, 0) is 11.3 Å². The van der Waals surface area contributed by atoms with E-state index in [-0.39, 0.29) is 29.6 Å². The minimum Gasteiger partial charge on any atom is -0.467 e. The van der Waals surface area contributed by atoms with Gasteiger partial charge in [0.05, 0.1) is 18.7 Å². The summed E-state index contributed by atoms with van der Waals surface area (Å²) in [6.45, 7) is 2.66. The molecule has 2 atom stereocenters. The van der Waals surface area contributed by atoms with Crippen molar-refractivity contribution in [2.24, 2.45) is 11.8 Å². The molecule has 3 nitrogen and oxygen atoms in total. The van der Waals surface area contributed by atoms with E-state index in [0.29, 0.717) is 6.54 Å². The highest BCUT2D eigenvalue weighted by Gasteiger charge is 2.50. The molecular formula is C23H21NO2. The van der Waals surface area contributed by atoms with Gasteiger partial charge in [-0.25, -0.2) is 0 Å². The Morgan fingerprint density at radius 2 is 1.46 bits per heavy atom. The maximum absolute atomic E-state index is 13.2. The molecule has 130 valence electrons. The van der Waals surface area contributed by atoms with Crippen molar-refractivity contribution >= 4 is 5.91 Å². The molecule has 1 heterocycles. The number of rotatable bonds is 3. The summed E-state index contributed by atoms with van der Waals surface area (Å²) in [7, 11) is 0. The molecular weight excluding hydrogens is 322 g/mol. The lowest BCUT2D eigenvalue weighted by Crippen LogP contribution is -2.46. The van der Waals surface area contributed by atoms with E-state index >= 15 is 0 Å². The third-order valence-electron chi connectivity index (χ3n) is 6.10. The van der Waals surface area contributed by atoms with Crippen molar-refractivity contribution in [1.82, 2.24) is 5.32 Å². The third kappa shape index (κ3) is 2.16. The van der Waals surface area contributed by atoms with Crippen molar-refractivity contribution in [3.63, 3.8) is 0 Å². The summed E-state index contributed by atoms with van der Waals surface area (Å²) in [6.07, 6.45) is 1.64. The Morgan fingerprint density at radius 1 is 0.885 bits per heavy atom. The van der Waals surface area contributed by atoms with Crippen LogP contribution in [-0.4, -0.2) is 5.91 Å². The zero-order chi connectivity index (χ0) is 17.7. The second-order valence-corrected chi connectivity index (χ2v) is 7.40. The molecule has 1 N–H and O–H groups in total. The molecule has 0 aliphatic heterocycles.